The van der Waals surface area contributed by atoms with E-state index in [0.717, 1.165) is 5.57 Å². The van der Waals surface area contributed by atoms with Crippen LogP contribution in [-0.4, -0.2) is 21.9 Å². The maximum atomic E-state index is 10.8. The molecule has 2 heteroatoms. The van der Waals surface area contributed by atoms with Gasteiger partial charge in [0.1, 0.15) is 5.60 Å². The summed E-state index contributed by atoms with van der Waals surface area (Å²) in [7, 11) is 0. The number of aliphatic hydroxyl groups excluding tert-OH is 1. The van der Waals surface area contributed by atoms with Gasteiger partial charge >= 0.3 is 0 Å². The molecule has 0 heterocycles. The topological polar surface area (TPSA) is 40.5 Å². The second-order valence-corrected chi connectivity index (χ2v) is 5.87. The van der Waals surface area contributed by atoms with Crippen molar-refractivity contribution in [2.24, 2.45) is 11.3 Å². The Labute approximate surface area is 105 Å². The Morgan fingerprint density at radius 1 is 1.41 bits per heavy atom. The van der Waals surface area contributed by atoms with Gasteiger partial charge in [0.2, 0.25) is 0 Å². The summed E-state index contributed by atoms with van der Waals surface area (Å²) in [6, 6.07) is 0. The zero-order valence-corrected chi connectivity index (χ0v) is 11.5. The van der Waals surface area contributed by atoms with Crippen molar-refractivity contribution in [2.45, 2.75) is 59.2 Å². The van der Waals surface area contributed by atoms with Crippen LogP contribution in [0.3, 0.4) is 0 Å². The highest BCUT2D eigenvalue weighted by Gasteiger charge is 2.51. The molecule has 0 aliphatic heterocycles. The number of aliphatic hydroxyl groups is 2. The lowest BCUT2D eigenvalue weighted by Gasteiger charge is -2.48. The van der Waals surface area contributed by atoms with Crippen LogP contribution in [0, 0.1) is 23.2 Å². The molecule has 0 radical (unpaired) electrons. The number of hydrogen-bond donors (Lipinski definition) is 2. The van der Waals surface area contributed by atoms with Gasteiger partial charge in [-0.3, -0.25) is 0 Å². The third kappa shape index (κ3) is 2.73. The molecule has 2 nitrogen and oxygen atoms in total. The Hall–Kier alpha value is -0.780. The van der Waals surface area contributed by atoms with E-state index in [1.54, 1.807) is 0 Å². The molecule has 3 unspecified atom stereocenters. The predicted molar refractivity (Wildman–Crippen MR) is 70.3 cm³/mol. The van der Waals surface area contributed by atoms with Crippen molar-refractivity contribution in [1.82, 2.24) is 0 Å². The SMILES string of the molecule is C/C=C(\C)C#CC1(O)C(C)CC(O)CC1(C)C. The first-order valence-electron chi connectivity index (χ1n) is 6.29. The van der Waals surface area contributed by atoms with Gasteiger partial charge in [-0.1, -0.05) is 38.7 Å². The molecule has 0 saturated heterocycles. The molecular weight excluding hydrogens is 212 g/mol. The van der Waals surface area contributed by atoms with Gasteiger partial charge < -0.3 is 10.2 Å². The lowest BCUT2D eigenvalue weighted by molar-refractivity contribution is -0.121. The molecule has 0 amide bonds. The van der Waals surface area contributed by atoms with Crippen molar-refractivity contribution in [3.05, 3.63) is 11.6 Å². The molecule has 0 spiro atoms. The Morgan fingerprint density at radius 2 is 2.00 bits per heavy atom. The van der Waals surface area contributed by atoms with Crippen LogP contribution in [0.15, 0.2) is 11.6 Å². The molecule has 96 valence electrons. The first-order valence-corrected chi connectivity index (χ1v) is 6.29. The summed E-state index contributed by atoms with van der Waals surface area (Å²) in [5, 5.41) is 20.6. The molecule has 1 aliphatic carbocycles. The van der Waals surface area contributed by atoms with Crippen molar-refractivity contribution in [3.8, 4) is 11.8 Å². The number of hydrogen-bond acceptors (Lipinski definition) is 2. The monoisotopic (exact) mass is 236 g/mol. The average Bonchev–Trinajstić information content (AvgIpc) is 2.22. The fourth-order valence-corrected chi connectivity index (χ4v) is 2.63. The van der Waals surface area contributed by atoms with E-state index >= 15 is 0 Å². The molecule has 0 aromatic carbocycles. The van der Waals surface area contributed by atoms with Gasteiger partial charge in [0.15, 0.2) is 0 Å². The van der Waals surface area contributed by atoms with Crippen LogP contribution in [0.4, 0.5) is 0 Å². The Bertz CT molecular complexity index is 370. The summed E-state index contributed by atoms with van der Waals surface area (Å²) in [6.07, 6.45) is 2.82. The average molecular weight is 236 g/mol. The normalized spacial score (nSPS) is 37.2. The molecule has 1 saturated carbocycles. The van der Waals surface area contributed by atoms with Gasteiger partial charge in [-0.25, -0.2) is 0 Å². The molecule has 1 aliphatic rings. The number of rotatable bonds is 0. The van der Waals surface area contributed by atoms with E-state index < -0.39 is 5.60 Å². The maximum absolute atomic E-state index is 10.8. The van der Waals surface area contributed by atoms with Gasteiger partial charge in [0.25, 0.3) is 0 Å². The second-order valence-electron chi connectivity index (χ2n) is 5.87. The highest BCUT2D eigenvalue weighted by atomic mass is 16.3. The van der Waals surface area contributed by atoms with Crippen molar-refractivity contribution >= 4 is 0 Å². The van der Waals surface area contributed by atoms with Crippen LogP contribution in [0.5, 0.6) is 0 Å². The predicted octanol–water partition coefficient (Wildman–Crippen LogP) is 2.50. The molecule has 0 aromatic heterocycles. The summed E-state index contributed by atoms with van der Waals surface area (Å²) in [5.41, 5.74) is -0.436. The number of allylic oxidation sites excluding steroid dienone is 2. The second kappa shape index (κ2) is 4.84. The third-order valence-electron chi connectivity index (χ3n) is 4.00. The summed E-state index contributed by atoms with van der Waals surface area (Å²) in [4.78, 5) is 0. The van der Waals surface area contributed by atoms with E-state index in [1.165, 1.54) is 0 Å². The Morgan fingerprint density at radius 3 is 2.47 bits per heavy atom. The van der Waals surface area contributed by atoms with Crippen molar-refractivity contribution in [2.75, 3.05) is 0 Å². The summed E-state index contributed by atoms with van der Waals surface area (Å²) < 4.78 is 0. The van der Waals surface area contributed by atoms with Gasteiger partial charge in [0.05, 0.1) is 6.10 Å². The van der Waals surface area contributed by atoms with Gasteiger partial charge in [-0.2, -0.15) is 0 Å². The maximum Gasteiger partial charge on any atom is 0.133 e. The quantitative estimate of drug-likeness (QED) is 0.634. The van der Waals surface area contributed by atoms with Gasteiger partial charge in [-0.05, 0) is 38.2 Å². The first kappa shape index (κ1) is 14.3. The van der Waals surface area contributed by atoms with Crippen molar-refractivity contribution in [1.29, 1.82) is 0 Å². The van der Waals surface area contributed by atoms with Crippen molar-refractivity contribution in [3.63, 3.8) is 0 Å². The minimum atomic E-state index is -1.02. The molecule has 0 bridgehead atoms. The summed E-state index contributed by atoms with van der Waals surface area (Å²) >= 11 is 0. The minimum absolute atomic E-state index is 0.0154. The lowest BCUT2D eigenvalue weighted by Crippen LogP contribution is -2.54. The van der Waals surface area contributed by atoms with Crippen LogP contribution in [0.2, 0.25) is 0 Å². The van der Waals surface area contributed by atoms with E-state index in [-0.39, 0.29) is 17.4 Å². The molecule has 3 atom stereocenters. The summed E-state index contributed by atoms with van der Waals surface area (Å²) in [6.45, 7) is 9.79. The molecular formula is C15H24O2. The van der Waals surface area contributed by atoms with E-state index in [0.29, 0.717) is 12.8 Å². The highest BCUT2D eigenvalue weighted by Crippen LogP contribution is 2.46. The van der Waals surface area contributed by atoms with E-state index in [2.05, 4.69) is 11.8 Å². The Balaban J connectivity index is 3.09. The minimum Gasteiger partial charge on any atom is -0.393 e. The van der Waals surface area contributed by atoms with Gasteiger partial charge in [0, 0.05) is 5.41 Å². The highest BCUT2D eigenvalue weighted by molar-refractivity contribution is 5.32. The molecule has 17 heavy (non-hydrogen) atoms. The van der Waals surface area contributed by atoms with E-state index in [1.807, 2.05) is 40.7 Å². The molecule has 1 fully saturated rings. The van der Waals surface area contributed by atoms with Crippen LogP contribution < -0.4 is 0 Å². The first-order chi connectivity index (χ1) is 7.73. The standard InChI is InChI=1S/C15H24O2/c1-6-11(2)7-8-15(17)12(3)9-13(16)10-14(15,4)5/h6,12-13,16-17H,9-10H2,1-5H3/b11-6+. The fourth-order valence-electron chi connectivity index (χ4n) is 2.63. The third-order valence-corrected chi connectivity index (χ3v) is 4.00. The van der Waals surface area contributed by atoms with Crippen LogP contribution in [0.25, 0.3) is 0 Å². The fraction of sp³-hybridized carbons (Fsp3) is 0.733. The van der Waals surface area contributed by atoms with Crippen LogP contribution in [0.1, 0.15) is 47.5 Å². The molecule has 1 rings (SSSR count). The molecule has 0 aromatic rings. The van der Waals surface area contributed by atoms with Crippen LogP contribution >= 0.6 is 0 Å². The zero-order chi connectivity index (χ0) is 13.3. The van der Waals surface area contributed by atoms with Crippen molar-refractivity contribution < 1.29 is 10.2 Å². The lowest BCUT2D eigenvalue weighted by atomic mass is 9.60. The summed E-state index contributed by atoms with van der Waals surface area (Å²) in [5.74, 6) is 6.04. The van der Waals surface area contributed by atoms with E-state index in [4.69, 9.17) is 0 Å². The van der Waals surface area contributed by atoms with Crippen LogP contribution in [-0.2, 0) is 0 Å². The zero-order valence-electron chi connectivity index (χ0n) is 11.5. The largest absolute Gasteiger partial charge is 0.393 e. The molecule has 2 N–H and O–H groups in total. The van der Waals surface area contributed by atoms with Gasteiger partial charge in [-0.15, -0.1) is 0 Å². The van der Waals surface area contributed by atoms with E-state index in [9.17, 15) is 10.2 Å². The smallest absolute Gasteiger partial charge is 0.133 e. The Kier molecular flexibility index (Phi) is 4.06.